The molecule has 1 aromatic rings. The monoisotopic (exact) mass is 293 g/mol. The van der Waals surface area contributed by atoms with E-state index in [0.29, 0.717) is 31.0 Å². The molecule has 1 aliphatic rings. The fourth-order valence-electron chi connectivity index (χ4n) is 2.18. The molecule has 0 heterocycles. The first-order valence-corrected chi connectivity index (χ1v) is 6.83. The number of carboxylic acids is 1. The van der Waals surface area contributed by atoms with Crippen molar-refractivity contribution in [1.82, 2.24) is 5.32 Å². The number of ether oxygens (including phenoxy) is 1. The van der Waals surface area contributed by atoms with E-state index in [1.54, 1.807) is 24.3 Å². The van der Waals surface area contributed by atoms with Crippen molar-refractivity contribution in [2.75, 3.05) is 13.2 Å². The molecule has 6 nitrogen and oxygen atoms in total. The third-order valence-electron chi connectivity index (χ3n) is 3.36. The summed E-state index contributed by atoms with van der Waals surface area (Å²) in [5, 5.41) is 31.1. The highest BCUT2D eigenvalue weighted by molar-refractivity contribution is 5.87. The van der Waals surface area contributed by atoms with Gasteiger partial charge in [0.15, 0.2) is 0 Å². The van der Waals surface area contributed by atoms with Gasteiger partial charge >= 0.3 is 5.97 Å². The van der Waals surface area contributed by atoms with Gasteiger partial charge in [-0.1, -0.05) is 12.1 Å². The Balaban J connectivity index is 1.88. The maximum absolute atomic E-state index is 10.7. The molecule has 1 aliphatic carbocycles. The molecule has 0 aromatic heterocycles. The second kappa shape index (κ2) is 6.60. The summed E-state index contributed by atoms with van der Waals surface area (Å²) in [6, 6.07) is 6.64. The molecule has 0 aliphatic heterocycles. The molecule has 6 heteroatoms. The van der Waals surface area contributed by atoms with E-state index in [-0.39, 0.29) is 5.56 Å². The van der Waals surface area contributed by atoms with Crippen LogP contribution in [0.4, 0.5) is 0 Å². The summed E-state index contributed by atoms with van der Waals surface area (Å²) in [7, 11) is 0. The zero-order valence-corrected chi connectivity index (χ0v) is 11.7. The van der Waals surface area contributed by atoms with Crippen LogP contribution in [0.3, 0.4) is 0 Å². The third kappa shape index (κ3) is 3.34. The largest absolute Gasteiger partial charge is 0.493 e. The first-order valence-electron chi connectivity index (χ1n) is 6.83. The van der Waals surface area contributed by atoms with Gasteiger partial charge in [-0.15, -0.1) is 0 Å². The SMILES string of the molecule is CCOC1=C(NCCc2ccc(C(=O)O)cc2)C(O)C1O. The predicted octanol–water partition coefficient (Wildman–Crippen LogP) is 0.500. The molecule has 0 fully saturated rings. The Kier molecular flexibility index (Phi) is 4.82. The number of carbonyl (C=O) groups is 1. The zero-order chi connectivity index (χ0) is 15.4. The van der Waals surface area contributed by atoms with Gasteiger partial charge in [-0.3, -0.25) is 0 Å². The highest BCUT2D eigenvalue weighted by Crippen LogP contribution is 2.27. The second-order valence-corrected chi connectivity index (χ2v) is 4.78. The van der Waals surface area contributed by atoms with Crippen molar-refractivity contribution in [2.45, 2.75) is 25.6 Å². The lowest BCUT2D eigenvalue weighted by Gasteiger charge is -2.34. The molecule has 4 N–H and O–H groups in total. The molecular weight excluding hydrogens is 274 g/mol. The zero-order valence-electron chi connectivity index (χ0n) is 11.7. The van der Waals surface area contributed by atoms with Crippen LogP contribution in [0.25, 0.3) is 0 Å². The Hall–Kier alpha value is -2.05. The van der Waals surface area contributed by atoms with Crippen LogP contribution in [0.5, 0.6) is 0 Å². The van der Waals surface area contributed by atoms with Crippen molar-refractivity contribution in [3.63, 3.8) is 0 Å². The molecule has 2 unspecified atom stereocenters. The first-order chi connectivity index (χ1) is 10.0. The van der Waals surface area contributed by atoms with E-state index in [9.17, 15) is 15.0 Å². The van der Waals surface area contributed by atoms with Crippen molar-refractivity contribution >= 4 is 5.97 Å². The number of aliphatic hydroxyl groups is 2. The van der Waals surface area contributed by atoms with Gasteiger partial charge in [0, 0.05) is 6.54 Å². The maximum Gasteiger partial charge on any atom is 0.335 e. The number of hydrogen-bond acceptors (Lipinski definition) is 5. The molecule has 0 saturated carbocycles. The number of carboxylic acid groups (broad SMARTS) is 1. The van der Waals surface area contributed by atoms with Crippen LogP contribution in [-0.2, 0) is 11.2 Å². The Morgan fingerprint density at radius 2 is 1.90 bits per heavy atom. The maximum atomic E-state index is 10.7. The molecule has 0 bridgehead atoms. The normalized spacial score (nSPS) is 20.9. The molecule has 0 spiro atoms. The van der Waals surface area contributed by atoms with Gasteiger partial charge in [-0.05, 0) is 31.0 Å². The molecule has 2 rings (SSSR count). The van der Waals surface area contributed by atoms with Crippen molar-refractivity contribution in [3.8, 4) is 0 Å². The standard InChI is InChI=1S/C15H19NO5/c1-2-21-14-11(12(17)13(14)18)16-8-7-9-3-5-10(6-4-9)15(19)20/h3-6,12-13,16-18H,2,7-8H2,1H3,(H,19,20). The van der Waals surface area contributed by atoms with Gasteiger partial charge < -0.3 is 25.4 Å². The van der Waals surface area contributed by atoms with Crippen LogP contribution in [-0.4, -0.2) is 46.6 Å². The summed E-state index contributed by atoms with van der Waals surface area (Å²) < 4.78 is 5.26. The van der Waals surface area contributed by atoms with Crippen LogP contribution in [0.1, 0.15) is 22.8 Å². The number of aromatic carboxylic acids is 1. The van der Waals surface area contributed by atoms with Crippen LogP contribution in [0.2, 0.25) is 0 Å². The lowest BCUT2D eigenvalue weighted by molar-refractivity contribution is -0.0217. The number of hydrogen-bond donors (Lipinski definition) is 4. The van der Waals surface area contributed by atoms with Crippen LogP contribution in [0.15, 0.2) is 35.7 Å². The molecule has 0 amide bonds. The number of aliphatic hydroxyl groups excluding tert-OH is 2. The van der Waals surface area contributed by atoms with E-state index in [0.717, 1.165) is 5.56 Å². The predicted molar refractivity (Wildman–Crippen MR) is 75.8 cm³/mol. The molecule has 21 heavy (non-hydrogen) atoms. The van der Waals surface area contributed by atoms with Crippen LogP contribution < -0.4 is 5.32 Å². The topological polar surface area (TPSA) is 99.0 Å². The van der Waals surface area contributed by atoms with Crippen molar-refractivity contribution in [3.05, 3.63) is 46.8 Å². The van der Waals surface area contributed by atoms with Crippen LogP contribution >= 0.6 is 0 Å². The minimum Gasteiger partial charge on any atom is -0.493 e. The quantitative estimate of drug-likeness (QED) is 0.584. The van der Waals surface area contributed by atoms with E-state index in [2.05, 4.69) is 5.32 Å². The lowest BCUT2D eigenvalue weighted by Crippen LogP contribution is -2.47. The molecular formula is C15H19NO5. The van der Waals surface area contributed by atoms with E-state index >= 15 is 0 Å². The van der Waals surface area contributed by atoms with Crippen molar-refractivity contribution in [1.29, 1.82) is 0 Å². The van der Waals surface area contributed by atoms with Gasteiger partial charge in [-0.25, -0.2) is 4.79 Å². The minimum atomic E-state index is -0.956. The summed E-state index contributed by atoms with van der Waals surface area (Å²) >= 11 is 0. The Morgan fingerprint density at radius 1 is 1.24 bits per heavy atom. The van der Waals surface area contributed by atoms with E-state index in [1.807, 2.05) is 6.92 Å². The summed E-state index contributed by atoms with van der Waals surface area (Å²) in [5.74, 6) is -0.552. The Bertz CT molecular complexity index is 537. The van der Waals surface area contributed by atoms with Gasteiger partial charge in [0.05, 0.1) is 17.9 Å². The van der Waals surface area contributed by atoms with Gasteiger partial charge in [0.2, 0.25) is 0 Å². The Morgan fingerprint density at radius 3 is 2.48 bits per heavy atom. The van der Waals surface area contributed by atoms with Crippen LogP contribution in [0, 0.1) is 0 Å². The van der Waals surface area contributed by atoms with E-state index in [1.165, 1.54) is 0 Å². The molecule has 2 atom stereocenters. The third-order valence-corrected chi connectivity index (χ3v) is 3.36. The summed E-state index contributed by atoms with van der Waals surface area (Å²) in [6.07, 6.45) is -1.21. The average Bonchev–Trinajstić information content (AvgIpc) is 2.50. The number of nitrogens with one attached hydrogen (secondary N) is 1. The number of benzene rings is 1. The smallest absolute Gasteiger partial charge is 0.335 e. The van der Waals surface area contributed by atoms with Gasteiger partial charge in [0.25, 0.3) is 0 Å². The van der Waals surface area contributed by atoms with E-state index < -0.39 is 18.2 Å². The summed E-state index contributed by atoms with van der Waals surface area (Å²) in [6.45, 7) is 2.80. The Labute approximate surface area is 122 Å². The highest BCUT2D eigenvalue weighted by atomic mass is 16.5. The lowest BCUT2D eigenvalue weighted by atomic mass is 9.95. The van der Waals surface area contributed by atoms with Crippen molar-refractivity contribution < 1.29 is 24.9 Å². The van der Waals surface area contributed by atoms with E-state index in [4.69, 9.17) is 9.84 Å². The average molecular weight is 293 g/mol. The molecule has 0 radical (unpaired) electrons. The minimum absolute atomic E-state index is 0.255. The fraction of sp³-hybridized carbons (Fsp3) is 0.400. The summed E-state index contributed by atoms with van der Waals surface area (Å²) in [5.41, 5.74) is 1.76. The van der Waals surface area contributed by atoms with Crippen molar-refractivity contribution in [2.24, 2.45) is 0 Å². The molecule has 1 aromatic carbocycles. The van der Waals surface area contributed by atoms with Gasteiger partial charge in [-0.2, -0.15) is 0 Å². The first kappa shape index (κ1) is 15.3. The fourth-order valence-corrected chi connectivity index (χ4v) is 2.18. The highest BCUT2D eigenvalue weighted by Gasteiger charge is 2.39. The summed E-state index contributed by atoms with van der Waals surface area (Å²) in [4.78, 5) is 10.7. The van der Waals surface area contributed by atoms with Gasteiger partial charge in [0.1, 0.15) is 18.0 Å². The molecule has 114 valence electrons. The molecule has 0 saturated heterocycles. The number of rotatable bonds is 7. The second-order valence-electron chi connectivity index (χ2n) is 4.78.